The summed E-state index contributed by atoms with van der Waals surface area (Å²) in [7, 11) is 0. The van der Waals surface area contributed by atoms with Gasteiger partial charge in [-0.1, -0.05) is 6.42 Å². The van der Waals surface area contributed by atoms with E-state index >= 15 is 0 Å². The van der Waals surface area contributed by atoms with Crippen LogP contribution in [0.3, 0.4) is 0 Å². The van der Waals surface area contributed by atoms with Crippen LogP contribution in [-0.2, 0) is 6.54 Å². The average molecular weight is 231 g/mol. The molecule has 0 aliphatic heterocycles. The molecule has 92 valence electrons. The van der Waals surface area contributed by atoms with Crippen molar-refractivity contribution in [2.24, 2.45) is 17.8 Å². The van der Waals surface area contributed by atoms with Gasteiger partial charge in [-0.15, -0.1) is 0 Å². The zero-order valence-corrected chi connectivity index (χ0v) is 10.5. The third-order valence-corrected chi connectivity index (χ3v) is 4.64. The maximum atomic E-state index is 4.25. The van der Waals surface area contributed by atoms with Gasteiger partial charge >= 0.3 is 0 Å². The van der Waals surface area contributed by atoms with Crippen LogP contribution in [0.2, 0.25) is 0 Å². The first-order chi connectivity index (χ1) is 8.33. The van der Waals surface area contributed by atoms with Crippen molar-refractivity contribution in [2.75, 3.05) is 0 Å². The van der Waals surface area contributed by atoms with Gasteiger partial charge in [0, 0.05) is 18.4 Å². The van der Waals surface area contributed by atoms with Gasteiger partial charge in [-0.25, -0.2) is 9.97 Å². The second-order valence-electron chi connectivity index (χ2n) is 5.67. The number of nitrogens with one attached hydrogen (secondary N) is 1. The normalized spacial score (nSPS) is 32.9. The fraction of sp³-hybridized carbons (Fsp3) is 0.714. The van der Waals surface area contributed by atoms with E-state index in [1.165, 1.54) is 25.7 Å². The van der Waals surface area contributed by atoms with E-state index in [9.17, 15) is 0 Å². The van der Waals surface area contributed by atoms with E-state index in [4.69, 9.17) is 0 Å². The molecule has 2 aliphatic rings. The van der Waals surface area contributed by atoms with E-state index in [2.05, 4.69) is 22.2 Å². The molecule has 1 heterocycles. The van der Waals surface area contributed by atoms with Crippen LogP contribution in [0.25, 0.3) is 0 Å². The molecule has 17 heavy (non-hydrogen) atoms. The molecule has 0 aromatic carbocycles. The van der Waals surface area contributed by atoms with Crippen LogP contribution in [0, 0.1) is 17.8 Å². The third-order valence-electron chi connectivity index (χ3n) is 4.64. The van der Waals surface area contributed by atoms with E-state index < -0.39 is 0 Å². The van der Waals surface area contributed by atoms with Gasteiger partial charge in [0.2, 0.25) is 0 Å². The minimum atomic E-state index is 0.606. The Balaban J connectivity index is 1.52. The highest BCUT2D eigenvalue weighted by Crippen LogP contribution is 2.49. The van der Waals surface area contributed by atoms with Crippen molar-refractivity contribution in [3.05, 3.63) is 24.3 Å². The first-order valence-corrected chi connectivity index (χ1v) is 6.82. The highest BCUT2D eigenvalue weighted by Gasteiger charge is 2.41. The molecule has 1 aromatic rings. The van der Waals surface area contributed by atoms with Crippen molar-refractivity contribution in [1.29, 1.82) is 0 Å². The molecule has 2 saturated carbocycles. The van der Waals surface area contributed by atoms with Gasteiger partial charge in [-0.2, -0.15) is 0 Å². The van der Waals surface area contributed by atoms with E-state index in [0.29, 0.717) is 6.04 Å². The largest absolute Gasteiger partial charge is 0.307 e. The summed E-state index contributed by atoms with van der Waals surface area (Å²) in [5.41, 5.74) is 0. The molecule has 2 aliphatic carbocycles. The number of fused-ring (bicyclic) bond motifs is 2. The Morgan fingerprint density at radius 1 is 1.29 bits per heavy atom. The molecule has 3 nitrogen and oxygen atoms in total. The molecule has 3 rings (SSSR count). The quantitative estimate of drug-likeness (QED) is 0.864. The molecule has 0 saturated heterocycles. The Morgan fingerprint density at radius 2 is 2.12 bits per heavy atom. The van der Waals surface area contributed by atoms with Crippen molar-refractivity contribution >= 4 is 0 Å². The number of hydrogen-bond donors (Lipinski definition) is 1. The Kier molecular flexibility index (Phi) is 3.10. The van der Waals surface area contributed by atoms with Gasteiger partial charge in [0.1, 0.15) is 5.82 Å². The van der Waals surface area contributed by atoms with Crippen LogP contribution in [0.15, 0.2) is 18.5 Å². The number of nitrogens with zero attached hydrogens (tertiary/aromatic N) is 2. The lowest BCUT2D eigenvalue weighted by atomic mass is 9.84. The fourth-order valence-electron chi connectivity index (χ4n) is 3.73. The Bertz CT molecular complexity index is 365. The molecule has 4 unspecified atom stereocenters. The zero-order valence-electron chi connectivity index (χ0n) is 10.5. The second kappa shape index (κ2) is 4.73. The lowest BCUT2D eigenvalue weighted by molar-refractivity contribution is 0.258. The number of aromatic nitrogens is 2. The summed E-state index contributed by atoms with van der Waals surface area (Å²) in [6, 6.07) is 2.47. The SMILES string of the molecule is CC(NCc1ncccn1)C1CC2CCC1C2. The minimum Gasteiger partial charge on any atom is -0.307 e. The molecule has 0 amide bonds. The van der Waals surface area contributed by atoms with Crippen molar-refractivity contribution in [2.45, 2.75) is 45.2 Å². The van der Waals surface area contributed by atoms with Crippen LogP contribution >= 0.6 is 0 Å². The van der Waals surface area contributed by atoms with Gasteiger partial charge in [-0.3, -0.25) is 0 Å². The van der Waals surface area contributed by atoms with E-state index in [1.807, 2.05) is 18.5 Å². The molecular weight excluding hydrogens is 210 g/mol. The summed E-state index contributed by atoms with van der Waals surface area (Å²) < 4.78 is 0. The Hall–Kier alpha value is -0.960. The minimum absolute atomic E-state index is 0.606. The molecule has 4 atom stereocenters. The van der Waals surface area contributed by atoms with Crippen LogP contribution < -0.4 is 5.32 Å². The molecule has 3 heteroatoms. The van der Waals surface area contributed by atoms with Gasteiger partial charge in [0.15, 0.2) is 0 Å². The summed E-state index contributed by atoms with van der Waals surface area (Å²) in [4.78, 5) is 8.50. The summed E-state index contributed by atoms with van der Waals surface area (Å²) in [5.74, 6) is 3.81. The van der Waals surface area contributed by atoms with Crippen LogP contribution in [0.5, 0.6) is 0 Å². The summed E-state index contributed by atoms with van der Waals surface area (Å²) in [5, 5.41) is 3.60. The van der Waals surface area contributed by atoms with Crippen molar-refractivity contribution in [3.8, 4) is 0 Å². The van der Waals surface area contributed by atoms with Crippen LogP contribution in [-0.4, -0.2) is 16.0 Å². The van der Waals surface area contributed by atoms with Gasteiger partial charge in [0.05, 0.1) is 6.54 Å². The lowest BCUT2D eigenvalue weighted by Crippen LogP contribution is -2.36. The molecule has 1 aromatic heterocycles. The predicted molar refractivity (Wildman–Crippen MR) is 67.3 cm³/mol. The van der Waals surface area contributed by atoms with E-state index in [-0.39, 0.29) is 0 Å². The summed E-state index contributed by atoms with van der Waals surface area (Å²) in [6.45, 7) is 3.13. The van der Waals surface area contributed by atoms with E-state index in [1.54, 1.807) is 0 Å². The lowest BCUT2D eigenvalue weighted by Gasteiger charge is -2.28. The van der Waals surface area contributed by atoms with Gasteiger partial charge in [0.25, 0.3) is 0 Å². The standard InChI is InChI=1S/C14H21N3/c1-10(13-8-11-3-4-12(13)7-11)17-9-14-15-5-2-6-16-14/h2,5-6,10-13,17H,3-4,7-9H2,1H3. The smallest absolute Gasteiger partial charge is 0.141 e. The highest BCUT2D eigenvalue weighted by molar-refractivity contribution is 4.95. The summed E-state index contributed by atoms with van der Waals surface area (Å²) in [6.07, 6.45) is 9.49. The van der Waals surface area contributed by atoms with Gasteiger partial charge in [-0.05, 0) is 50.0 Å². The molecule has 2 bridgehead atoms. The van der Waals surface area contributed by atoms with Crippen LogP contribution in [0.4, 0.5) is 0 Å². The zero-order chi connectivity index (χ0) is 11.7. The topological polar surface area (TPSA) is 37.8 Å². The fourth-order valence-corrected chi connectivity index (χ4v) is 3.73. The first-order valence-electron chi connectivity index (χ1n) is 6.82. The molecule has 0 radical (unpaired) electrons. The predicted octanol–water partition coefficient (Wildman–Crippen LogP) is 2.39. The Labute approximate surface area is 103 Å². The molecule has 1 N–H and O–H groups in total. The molecule has 0 spiro atoms. The Morgan fingerprint density at radius 3 is 2.76 bits per heavy atom. The van der Waals surface area contributed by atoms with Crippen molar-refractivity contribution < 1.29 is 0 Å². The highest BCUT2D eigenvalue weighted by atomic mass is 15.0. The maximum Gasteiger partial charge on any atom is 0.141 e. The summed E-state index contributed by atoms with van der Waals surface area (Å²) >= 11 is 0. The second-order valence-corrected chi connectivity index (χ2v) is 5.67. The monoisotopic (exact) mass is 231 g/mol. The van der Waals surface area contributed by atoms with E-state index in [0.717, 1.165) is 30.1 Å². The van der Waals surface area contributed by atoms with Gasteiger partial charge < -0.3 is 5.32 Å². The number of hydrogen-bond acceptors (Lipinski definition) is 3. The first kappa shape index (κ1) is 11.1. The van der Waals surface area contributed by atoms with Crippen molar-refractivity contribution in [3.63, 3.8) is 0 Å². The molecular formula is C14H21N3. The van der Waals surface area contributed by atoms with Crippen LogP contribution in [0.1, 0.15) is 38.4 Å². The average Bonchev–Trinajstić information content (AvgIpc) is 2.99. The number of rotatable bonds is 4. The third kappa shape index (κ3) is 2.34. The maximum absolute atomic E-state index is 4.25. The van der Waals surface area contributed by atoms with Crippen molar-refractivity contribution in [1.82, 2.24) is 15.3 Å². The molecule has 2 fully saturated rings.